The Kier molecular flexibility index (Phi) is 5.37. The molecule has 2 aliphatic heterocycles. The van der Waals surface area contributed by atoms with E-state index in [9.17, 15) is 4.79 Å². The number of hydrogen-bond acceptors (Lipinski definition) is 3. The average molecular weight is 345 g/mol. The van der Waals surface area contributed by atoms with Crippen LogP contribution >= 0.6 is 0 Å². The van der Waals surface area contributed by atoms with Crippen molar-refractivity contribution < 1.29 is 4.79 Å². The second-order valence-electron chi connectivity index (χ2n) is 8.25. The molecule has 0 spiro atoms. The minimum atomic E-state index is 0.275. The van der Waals surface area contributed by atoms with Crippen LogP contribution in [0.2, 0.25) is 0 Å². The molecule has 1 aromatic rings. The van der Waals surface area contributed by atoms with Gasteiger partial charge < -0.3 is 9.47 Å². The number of fused-ring (bicyclic) bond motifs is 1. The predicted molar refractivity (Wildman–Crippen MR) is 97.3 cm³/mol. The van der Waals surface area contributed by atoms with E-state index in [-0.39, 0.29) is 5.92 Å². The van der Waals surface area contributed by atoms with Gasteiger partial charge in [-0.25, -0.2) is 0 Å². The molecule has 5 heteroatoms. The monoisotopic (exact) mass is 344 g/mol. The van der Waals surface area contributed by atoms with Crippen LogP contribution in [0.5, 0.6) is 0 Å². The molecule has 0 radical (unpaired) electrons. The SMILES string of the molecule is O=C(C1CCCCCC1)N1CCC[C@@H](c2nnc3n2CCCCC3)C1. The Hall–Kier alpha value is -1.39. The number of piperidine rings is 1. The van der Waals surface area contributed by atoms with Crippen LogP contribution in [0.15, 0.2) is 0 Å². The molecule has 4 rings (SSSR count). The molecule has 1 aromatic heterocycles. The van der Waals surface area contributed by atoms with Crippen LogP contribution in [0.4, 0.5) is 0 Å². The number of hydrogen-bond donors (Lipinski definition) is 0. The van der Waals surface area contributed by atoms with Gasteiger partial charge in [-0.05, 0) is 38.5 Å². The Morgan fingerprint density at radius 2 is 1.64 bits per heavy atom. The molecule has 0 bridgehead atoms. The molecule has 1 saturated carbocycles. The van der Waals surface area contributed by atoms with Gasteiger partial charge in [0.05, 0.1) is 0 Å². The summed E-state index contributed by atoms with van der Waals surface area (Å²) in [6.45, 7) is 2.85. The van der Waals surface area contributed by atoms with Crippen molar-refractivity contribution in [3.05, 3.63) is 11.6 Å². The van der Waals surface area contributed by atoms with Crippen LogP contribution in [-0.2, 0) is 17.8 Å². The zero-order valence-electron chi connectivity index (χ0n) is 15.5. The quantitative estimate of drug-likeness (QED) is 0.769. The molecular formula is C20H32N4O. The first-order valence-corrected chi connectivity index (χ1v) is 10.5. The number of rotatable bonds is 2. The molecular weight excluding hydrogens is 312 g/mol. The Bertz CT molecular complexity index is 589. The summed E-state index contributed by atoms with van der Waals surface area (Å²) in [5.41, 5.74) is 0. The van der Waals surface area contributed by atoms with Crippen LogP contribution < -0.4 is 0 Å². The number of aromatic nitrogens is 3. The fourth-order valence-corrected chi connectivity index (χ4v) is 4.98. The first kappa shape index (κ1) is 17.0. The standard InChI is InChI=1S/C20H32N4O/c25-20(16-9-4-1-2-5-10-16)23-13-8-11-17(15-23)19-22-21-18-12-6-3-7-14-24(18)19/h16-17H,1-15H2/t17-/m1/s1. The summed E-state index contributed by atoms with van der Waals surface area (Å²) in [6.07, 6.45) is 14.3. The van der Waals surface area contributed by atoms with Gasteiger partial charge in [-0.1, -0.05) is 32.1 Å². The van der Waals surface area contributed by atoms with Gasteiger partial charge in [0.15, 0.2) is 0 Å². The molecule has 138 valence electrons. The molecule has 2 fully saturated rings. The Labute approximate surface area is 151 Å². The zero-order chi connectivity index (χ0) is 17.1. The van der Waals surface area contributed by atoms with Crippen LogP contribution in [0.3, 0.4) is 0 Å². The Balaban J connectivity index is 1.46. The van der Waals surface area contributed by atoms with E-state index in [0.29, 0.717) is 11.8 Å². The lowest BCUT2D eigenvalue weighted by Crippen LogP contribution is -2.42. The van der Waals surface area contributed by atoms with E-state index >= 15 is 0 Å². The van der Waals surface area contributed by atoms with Crippen molar-refractivity contribution in [1.29, 1.82) is 0 Å². The molecule has 1 amide bonds. The van der Waals surface area contributed by atoms with Crippen molar-refractivity contribution in [2.75, 3.05) is 13.1 Å². The Morgan fingerprint density at radius 3 is 2.48 bits per heavy atom. The van der Waals surface area contributed by atoms with Crippen molar-refractivity contribution >= 4 is 5.91 Å². The maximum Gasteiger partial charge on any atom is 0.225 e. The van der Waals surface area contributed by atoms with Gasteiger partial charge in [-0.2, -0.15) is 0 Å². The molecule has 3 aliphatic rings. The van der Waals surface area contributed by atoms with E-state index in [2.05, 4.69) is 19.7 Å². The highest BCUT2D eigenvalue weighted by Crippen LogP contribution is 2.31. The van der Waals surface area contributed by atoms with Crippen molar-refractivity contribution in [2.24, 2.45) is 5.92 Å². The van der Waals surface area contributed by atoms with Gasteiger partial charge >= 0.3 is 0 Å². The fourth-order valence-electron chi connectivity index (χ4n) is 4.98. The number of carbonyl (C=O) groups is 1. The number of nitrogens with zero attached hydrogens (tertiary/aromatic N) is 4. The molecule has 0 N–H and O–H groups in total. The summed E-state index contributed by atoms with van der Waals surface area (Å²) in [4.78, 5) is 15.2. The van der Waals surface area contributed by atoms with Crippen LogP contribution in [0, 0.1) is 5.92 Å². The molecule has 3 heterocycles. The molecule has 1 aliphatic carbocycles. The minimum absolute atomic E-state index is 0.275. The van der Waals surface area contributed by atoms with Gasteiger partial charge in [-0.3, -0.25) is 4.79 Å². The van der Waals surface area contributed by atoms with Crippen molar-refractivity contribution in [3.8, 4) is 0 Å². The van der Waals surface area contributed by atoms with Gasteiger partial charge in [-0.15, -0.1) is 10.2 Å². The third-order valence-electron chi connectivity index (χ3n) is 6.44. The van der Waals surface area contributed by atoms with Crippen molar-refractivity contribution in [3.63, 3.8) is 0 Å². The van der Waals surface area contributed by atoms with Gasteiger partial charge in [0, 0.05) is 37.9 Å². The number of aryl methyl sites for hydroxylation is 1. The molecule has 1 saturated heterocycles. The second-order valence-corrected chi connectivity index (χ2v) is 8.25. The highest BCUT2D eigenvalue weighted by Gasteiger charge is 2.32. The summed E-state index contributed by atoms with van der Waals surface area (Å²) in [5.74, 6) is 3.39. The largest absolute Gasteiger partial charge is 0.342 e. The summed E-state index contributed by atoms with van der Waals surface area (Å²) >= 11 is 0. The lowest BCUT2D eigenvalue weighted by atomic mass is 9.93. The third-order valence-corrected chi connectivity index (χ3v) is 6.44. The van der Waals surface area contributed by atoms with Crippen LogP contribution in [0.1, 0.15) is 88.2 Å². The van der Waals surface area contributed by atoms with Gasteiger partial charge in [0.2, 0.25) is 5.91 Å². The number of amides is 1. The highest BCUT2D eigenvalue weighted by molar-refractivity contribution is 5.79. The summed E-state index contributed by atoms with van der Waals surface area (Å²) in [7, 11) is 0. The van der Waals surface area contributed by atoms with Crippen molar-refractivity contribution in [2.45, 2.75) is 89.5 Å². The number of likely N-dealkylation sites (tertiary alicyclic amines) is 1. The average Bonchev–Trinajstić information content (AvgIpc) is 2.85. The maximum absolute atomic E-state index is 13.0. The summed E-state index contributed by atoms with van der Waals surface area (Å²) < 4.78 is 2.37. The minimum Gasteiger partial charge on any atom is -0.342 e. The normalized spacial score (nSPS) is 25.9. The van der Waals surface area contributed by atoms with E-state index < -0.39 is 0 Å². The summed E-state index contributed by atoms with van der Waals surface area (Å²) in [6, 6.07) is 0. The van der Waals surface area contributed by atoms with E-state index in [1.807, 2.05) is 0 Å². The summed E-state index contributed by atoms with van der Waals surface area (Å²) in [5, 5.41) is 9.03. The molecule has 0 unspecified atom stereocenters. The van der Waals surface area contributed by atoms with Gasteiger partial charge in [0.25, 0.3) is 0 Å². The van der Waals surface area contributed by atoms with Gasteiger partial charge in [0.1, 0.15) is 11.6 Å². The highest BCUT2D eigenvalue weighted by atomic mass is 16.2. The number of carbonyl (C=O) groups excluding carboxylic acids is 1. The molecule has 25 heavy (non-hydrogen) atoms. The molecule has 1 atom stereocenters. The molecule has 0 aromatic carbocycles. The predicted octanol–water partition coefficient (Wildman–Crippen LogP) is 3.68. The zero-order valence-corrected chi connectivity index (χ0v) is 15.5. The van der Waals surface area contributed by atoms with Crippen molar-refractivity contribution in [1.82, 2.24) is 19.7 Å². The van der Waals surface area contributed by atoms with Crippen LogP contribution in [0.25, 0.3) is 0 Å². The second kappa shape index (κ2) is 7.88. The van der Waals surface area contributed by atoms with E-state index in [1.54, 1.807) is 0 Å². The lowest BCUT2D eigenvalue weighted by molar-refractivity contribution is -0.137. The first-order valence-electron chi connectivity index (χ1n) is 10.5. The fraction of sp³-hybridized carbons (Fsp3) is 0.850. The molecule has 5 nitrogen and oxygen atoms in total. The smallest absolute Gasteiger partial charge is 0.225 e. The third kappa shape index (κ3) is 3.75. The Morgan fingerprint density at radius 1 is 0.840 bits per heavy atom. The van der Waals surface area contributed by atoms with E-state index in [1.165, 1.54) is 50.8 Å². The first-order chi connectivity index (χ1) is 12.3. The lowest BCUT2D eigenvalue weighted by Gasteiger charge is -2.34. The topological polar surface area (TPSA) is 51.0 Å². The van der Waals surface area contributed by atoms with E-state index in [4.69, 9.17) is 0 Å². The van der Waals surface area contributed by atoms with E-state index in [0.717, 1.165) is 57.6 Å². The maximum atomic E-state index is 13.0. The van der Waals surface area contributed by atoms with Crippen LogP contribution in [-0.4, -0.2) is 38.7 Å².